The first-order valence-electron chi connectivity index (χ1n) is 4.83. The van der Waals surface area contributed by atoms with Gasteiger partial charge in [-0.1, -0.05) is 18.5 Å². The van der Waals surface area contributed by atoms with E-state index >= 15 is 0 Å². The lowest BCUT2D eigenvalue weighted by molar-refractivity contribution is 0.477. The molecule has 0 aliphatic heterocycles. The zero-order valence-electron chi connectivity index (χ0n) is 8.59. The summed E-state index contributed by atoms with van der Waals surface area (Å²) in [7, 11) is 5.53. The summed E-state index contributed by atoms with van der Waals surface area (Å²) in [5, 5.41) is 17.4. The minimum absolute atomic E-state index is 0.157. The first kappa shape index (κ1) is 10.5. The molecular formula is C11H10BN3O. The number of hydrogen-bond acceptors (Lipinski definition) is 4. The Bertz CT molecular complexity index is 516. The van der Waals surface area contributed by atoms with E-state index in [1.165, 1.54) is 0 Å². The van der Waals surface area contributed by atoms with Gasteiger partial charge in [0.05, 0.1) is 13.5 Å². The predicted molar refractivity (Wildman–Crippen MR) is 63.0 cm³/mol. The van der Waals surface area contributed by atoms with Gasteiger partial charge in [0.1, 0.15) is 11.6 Å². The molecule has 1 aromatic heterocycles. The zero-order valence-corrected chi connectivity index (χ0v) is 8.59. The highest BCUT2D eigenvalue weighted by atomic mass is 16.3. The van der Waals surface area contributed by atoms with E-state index in [1.54, 1.807) is 24.3 Å². The van der Waals surface area contributed by atoms with Crippen molar-refractivity contribution in [3.8, 4) is 17.0 Å². The standard InChI is InChI=1S/C11H10BN3O/c12-6-7-5-9(14-15-11(7)13)8-3-1-2-4-10(8)16/h1-5,16H,6H2,(H2,13,15). The lowest BCUT2D eigenvalue weighted by atomic mass is 9.96. The van der Waals surface area contributed by atoms with Gasteiger partial charge >= 0.3 is 0 Å². The third-order valence-corrected chi connectivity index (χ3v) is 2.31. The number of rotatable bonds is 2. The Balaban J connectivity index is 2.53. The second-order valence-electron chi connectivity index (χ2n) is 3.36. The number of phenols is 1. The van der Waals surface area contributed by atoms with Crippen molar-refractivity contribution in [1.29, 1.82) is 0 Å². The number of nitrogen functional groups attached to an aromatic ring is 1. The number of nitrogens with two attached hydrogens (primary N) is 1. The Morgan fingerprint density at radius 2 is 2.00 bits per heavy atom. The number of phenolic OH excluding ortho intramolecular Hbond substituents is 1. The third kappa shape index (κ3) is 1.84. The van der Waals surface area contributed by atoms with Gasteiger partial charge in [-0.15, -0.1) is 10.2 Å². The van der Waals surface area contributed by atoms with Gasteiger partial charge in [0, 0.05) is 5.56 Å². The molecule has 0 aliphatic carbocycles. The number of benzene rings is 1. The first-order chi connectivity index (χ1) is 7.72. The molecule has 0 bridgehead atoms. The lowest BCUT2D eigenvalue weighted by Gasteiger charge is -2.06. The summed E-state index contributed by atoms with van der Waals surface area (Å²) in [6, 6.07) is 8.64. The van der Waals surface area contributed by atoms with E-state index < -0.39 is 0 Å². The normalized spacial score (nSPS) is 10.2. The van der Waals surface area contributed by atoms with Crippen LogP contribution < -0.4 is 5.73 Å². The molecule has 78 valence electrons. The van der Waals surface area contributed by atoms with E-state index in [9.17, 15) is 5.11 Å². The van der Waals surface area contributed by atoms with Gasteiger partial charge in [-0.25, -0.2) is 0 Å². The molecule has 2 radical (unpaired) electrons. The predicted octanol–water partition coefficient (Wildman–Crippen LogP) is 1.10. The molecule has 0 aliphatic rings. The van der Waals surface area contributed by atoms with Crippen LogP contribution in [0.2, 0.25) is 0 Å². The number of aromatic hydroxyl groups is 1. The molecule has 4 nitrogen and oxygen atoms in total. The number of para-hydroxylation sites is 1. The summed E-state index contributed by atoms with van der Waals surface area (Å²) < 4.78 is 0. The fourth-order valence-electron chi connectivity index (χ4n) is 1.43. The highest BCUT2D eigenvalue weighted by Gasteiger charge is 2.07. The fourth-order valence-corrected chi connectivity index (χ4v) is 1.43. The Morgan fingerprint density at radius 1 is 1.25 bits per heavy atom. The van der Waals surface area contributed by atoms with E-state index in [-0.39, 0.29) is 5.75 Å². The van der Waals surface area contributed by atoms with Crippen LogP contribution in [0, 0.1) is 0 Å². The molecule has 0 saturated heterocycles. The van der Waals surface area contributed by atoms with Crippen LogP contribution in [-0.2, 0) is 6.32 Å². The van der Waals surface area contributed by atoms with Crippen molar-refractivity contribution in [3.63, 3.8) is 0 Å². The van der Waals surface area contributed by atoms with Crippen LogP contribution >= 0.6 is 0 Å². The van der Waals surface area contributed by atoms with Crippen LogP contribution in [0.3, 0.4) is 0 Å². The minimum Gasteiger partial charge on any atom is -0.507 e. The van der Waals surface area contributed by atoms with Crippen molar-refractivity contribution in [2.24, 2.45) is 0 Å². The Morgan fingerprint density at radius 3 is 2.69 bits per heavy atom. The molecule has 3 N–H and O–H groups in total. The largest absolute Gasteiger partial charge is 0.507 e. The Labute approximate surface area is 94.5 Å². The third-order valence-electron chi connectivity index (χ3n) is 2.31. The molecule has 16 heavy (non-hydrogen) atoms. The SMILES string of the molecule is [B]Cc1cc(-c2ccccc2O)nnc1N. The Hall–Kier alpha value is -2.04. The highest BCUT2D eigenvalue weighted by molar-refractivity contribution is 6.08. The zero-order chi connectivity index (χ0) is 11.5. The first-order valence-corrected chi connectivity index (χ1v) is 4.83. The Kier molecular flexibility index (Phi) is 2.77. The molecular weight excluding hydrogens is 201 g/mol. The lowest BCUT2D eigenvalue weighted by Crippen LogP contribution is -2.01. The average molecular weight is 211 g/mol. The quantitative estimate of drug-likeness (QED) is 0.729. The topological polar surface area (TPSA) is 72.0 Å². The maximum absolute atomic E-state index is 9.67. The number of hydrogen-bond donors (Lipinski definition) is 2. The summed E-state index contributed by atoms with van der Waals surface area (Å²) in [5.74, 6) is 0.478. The number of nitrogens with zero attached hydrogens (tertiary/aromatic N) is 2. The van der Waals surface area contributed by atoms with Crippen molar-refractivity contribution < 1.29 is 5.11 Å². The summed E-state index contributed by atoms with van der Waals surface area (Å²) in [4.78, 5) is 0. The summed E-state index contributed by atoms with van der Waals surface area (Å²) in [5.41, 5.74) is 7.49. The van der Waals surface area contributed by atoms with Crippen molar-refractivity contribution in [2.75, 3.05) is 5.73 Å². The van der Waals surface area contributed by atoms with Gasteiger partial charge in [-0.2, -0.15) is 0 Å². The fraction of sp³-hybridized carbons (Fsp3) is 0.0909. The van der Waals surface area contributed by atoms with Gasteiger partial charge in [-0.05, 0) is 23.8 Å². The van der Waals surface area contributed by atoms with Gasteiger partial charge < -0.3 is 10.8 Å². The van der Waals surface area contributed by atoms with Crippen molar-refractivity contribution in [2.45, 2.75) is 6.32 Å². The van der Waals surface area contributed by atoms with Crippen LogP contribution in [0.4, 0.5) is 5.82 Å². The molecule has 1 heterocycles. The van der Waals surface area contributed by atoms with E-state index in [0.717, 1.165) is 0 Å². The van der Waals surface area contributed by atoms with Crippen LogP contribution in [-0.4, -0.2) is 23.2 Å². The number of anilines is 1. The summed E-state index contributed by atoms with van der Waals surface area (Å²) in [6.07, 6.45) is 0.294. The molecule has 0 atom stereocenters. The number of aromatic nitrogens is 2. The second kappa shape index (κ2) is 4.22. The van der Waals surface area contributed by atoms with Crippen molar-refractivity contribution >= 4 is 13.7 Å². The smallest absolute Gasteiger partial charge is 0.148 e. The maximum Gasteiger partial charge on any atom is 0.148 e. The van der Waals surface area contributed by atoms with Crippen molar-refractivity contribution in [3.05, 3.63) is 35.9 Å². The van der Waals surface area contributed by atoms with Gasteiger partial charge in [0.15, 0.2) is 0 Å². The van der Waals surface area contributed by atoms with Crippen LogP contribution in [0.1, 0.15) is 5.56 Å². The molecule has 0 saturated carbocycles. The van der Waals surface area contributed by atoms with E-state index in [1.807, 2.05) is 6.07 Å². The molecule has 0 unspecified atom stereocenters. The molecule has 0 spiro atoms. The molecule has 1 aromatic carbocycles. The minimum atomic E-state index is 0.157. The van der Waals surface area contributed by atoms with E-state index in [0.29, 0.717) is 29.0 Å². The van der Waals surface area contributed by atoms with Crippen molar-refractivity contribution in [1.82, 2.24) is 10.2 Å². The van der Waals surface area contributed by atoms with Gasteiger partial charge in [0.25, 0.3) is 0 Å². The van der Waals surface area contributed by atoms with E-state index in [4.69, 9.17) is 13.6 Å². The van der Waals surface area contributed by atoms with E-state index in [2.05, 4.69) is 10.2 Å². The highest BCUT2D eigenvalue weighted by Crippen LogP contribution is 2.27. The van der Waals surface area contributed by atoms with Gasteiger partial charge in [-0.3, -0.25) is 0 Å². The monoisotopic (exact) mass is 211 g/mol. The molecule has 0 amide bonds. The average Bonchev–Trinajstić information content (AvgIpc) is 2.31. The molecule has 5 heteroatoms. The van der Waals surface area contributed by atoms with Crippen LogP contribution in [0.15, 0.2) is 30.3 Å². The van der Waals surface area contributed by atoms with Gasteiger partial charge in [0.2, 0.25) is 0 Å². The summed E-state index contributed by atoms with van der Waals surface area (Å²) in [6.45, 7) is 0. The molecule has 2 aromatic rings. The van der Waals surface area contributed by atoms with Crippen LogP contribution in [0.5, 0.6) is 5.75 Å². The summed E-state index contributed by atoms with van der Waals surface area (Å²) >= 11 is 0. The van der Waals surface area contributed by atoms with Crippen LogP contribution in [0.25, 0.3) is 11.3 Å². The second-order valence-corrected chi connectivity index (χ2v) is 3.36. The maximum atomic E-state index is 9.67. The molecule has 0 fully saturated rings. The molecule has 2 rings (SSSR count).